The second-order valence-corrected chi connectivity index (χ2v) is 5.32. The smallest absolute Gasteiger partial charge is 0.233 e. The minimum atomic E-state index is -2.11. The lowest BCUT2D eigenvalue weighted by Crippen LogP contribution is -2.36. The van der Waals surface area contributed by atoms with Gasteiger partial charge in [-0.15, -0.1) is 0 Å². The summed E-state index contributed by atoms with van der Waals surface area (Å²) in [6, 6.07) is 4.53. The summed E-state index contributed by atoms with van der Waals surface area (Å²) < 4.78 is 16.3. The van der Waals surface area contributed by atoms with Crippen molar-refractivity contribution in [3.8, 4) is 0 Å². The number of alkyl halides is 1. The van der Waals surface area contributed by atoms with Gasteiger partial charge in [-0.2, -0.15) is 5.10 Å². The van der Waals surface area contributed by atoms with Crippen molar-refractivity contribution in [1.82, 2.24) is 14.8 Å². The van der Waals surface area contributed by atoms with Crippen molar-refractivity contribution < 1.29 is 9.50 Å². The maximum atomic E-state index is 15.2. The zero-order valence-corrected chi connectivity index (χ0v) is 12.3. The first kappa shape index (κ1) is 15.2. The molecule has 0 saturated carbocycles. The lowest BCUT2D eigenvalue weighted by Gasteiger charge is -2.30. The summed E-state index contributed by atoms with van der Waals surface area (Å²) in [6.07, 6.45) is 1.60. The summed E-state index contributed by atoms with van der Waals surface area (Å²) in [5.74, 6) is -2.11. The average Bonchev–Trinajstić information content (AvgIpc) is 2.92. The van der Waals surface area contributed by atoms with E-state index in [2.05, 4.69) is 10.1 Å². The molecule has 1 aromatic heterocycles. The monoisotopic (exact) mass is 317 g/mol. The number of aliphatic hydroxyl groups excluding tert-OH is 1. The van der Waals surface area contributed by atoms with Crippen LogP contribution in [0.25, 0.3) is 0 Å². The van der Waals surface area contributed by atoms with Crippen LogP contribution >= 0.6 is 23.2 Å². The molecule has 20 heavy (non-hydrogen) atoms. The van der Waals surface area contributed by atoms with E-state index in [9.17, 15) is 5.11 Å². The van der Waals surface area contributed by atoms with E-state index in [-0.39, 0.29) is 17.0 Å². The fourth-order valence-corrected chi connectivity index (χ4v) is 2.60. The minimum absolute atomic E-state index is 0.0798. The van der Waals surface area contributed by atoms with Gasteiger partial charge in [-0.05, 0) is 12.1 Å². The third-order valence-electron chi connectivity index (χ3n) is 3.08. The van der Waals surface area contributed by atoms with Gasteiger partial charge in [0, 0.05) is 22.0 Å². The molecule has 0 amide bonds. The number of halogens is 3. The van der Waals surface area contributed by atoms with Crippen LogP contribution in [-0.2, 0) is 5.79 Å². The van der Waals surface area contributed by atoms with Crippen molar-refractivity contribution in [2.45, 2.75) is 31.7 Å². The molecule has 0 fully saturated rings. The maximum absolute atomic E-state index is 15.2. The normalized spacial score (nSPS) is 15.8. The van der Waals surface area contributed by atoms with Crippen molar-refractivity contribution in [3.05, 3.63) is 46.5 Å². The average molecular weight is 318 g/mol. The summed E-state index contributed by atoms with van der Waals surface area (Å²) in [5.41, 5.74) is 0.266. The summed E-state index contributed by atoms with van der Waals surface area (Å²) in [7, 11) is 0. The number of nitrogens with zero attached hydrogens (tertiary/aromatic N) is 3. The zero-order chi connectivity index (χ0) is 14.8. The van der Waals surface area contributed by atoms with Crippen LogP contribution in [-0.4, -0.2) is 19.9 Å². The van der Waals surface area contributed by atoms with Crippen LogP contribution < -0.4 is 0 Å². The maximum Gasteiger partial charge on any atom is 0.233 e. The molecule has 1 N–H and O–H groups in total. The van der Waals surface area contributed by atoms with Crippen LogP contribution in [0.2, 0.25) is 10.0 Å². The summed E-state index contributed by atoms with van der Waals surface area (Å²) >= 11 is 11.8. The van der Waals surface area contributed by atoms with Crippen LogP contribution in [0.5, 0.6) is 0 Å². The van der Waals surface area contributed by atoms with E-state index in [0.29, 0.717) is 11.4 Å². The standard InChI is InChI=1S/C13H14Cl2FN3O/c1-2-5-13(16,19-8-17-7-18-19)12(20)10-4-3-9(14)6-11(10)15/h3-4,6-8,12,20H,2,5H2,1H3. The molecule has 108 valence electrons. The van der Waals surface area contributed by atoms with Gasteiger partial charge in [0.05, 0.1) is 0 Å². The number of benzene rings is 1. The van der Waals surface area contributed by atoms with Crippen molar-refractivity contribution in [2.75, 3.05) is 0 Å². The molecule has 0 radical (unpaired) electrons. The third kappa shape index (κ3) is 2.80. The molecular weight excluding hydrogens is 304 g/mol. The SMILES string of the molecule is CCCC(F)(C(O)c1ccc(Cl)cc1Cl)n1cncn1. The second kappa shape index (κ2) is 6.08. The highest BCUT2D eigenvalue weighted by Gasteiger charge is 2.42. The Morgan fingerprint density at radius 3 is 2.75 bits per heavy atom. The summed E-state index contributed by atoms with van der Waals surface area (Å²) in [4.78, 5) is 3.73. The van der Waals surface area contributed by atoms with Gasteiger partial charge in [0.2, 0.25) is 5.79 Å². The van der Waals surface area contributed by atoms with Crippen LogP contribution in [0.1, 0.15) is 31.4 Å². The van der Waals surface area contributed by atoms with E-state index in [1.54, 1.807) is 6.07 Å². The highest BCUT2D eigenvalue weighted by atomic mass is 35.5. The quantitative estimate of drug-likeness (QED) is 0.913. The molecule has 0 aliphatic carbocycles. The van der Waals surface area contributed by atoms with Gasteiger partial charge in [-0.25, -0.2) is 14.1 Å². The van der Waals surface area contributed by atoms with Gasteiger partial charge in [0.1, 0.15) is 18.8 Å². The first-order valence-corrected chi connectivity index (χ1v) is 6.91. The lowest BCUT2D eigenvalue weighted by molar-refractivity contribution is -0.0866. The van der Waals surface area contributed by atoms with Crippen LogP contribution in [0.4, 0.5) is 4.39 Å². The Morgan fingerprint density at radius 1 is 1.45 bits per heavy atom. The molecule has 2 rings (SSSR count). The van der Waals surface area contributed by atoms with Crippen molar-refractivity contribution in [2.24, 2.45) is 0 Å². The van der Waals surface area contributed by atoms with Crippen molar-refractivity contribution in [3.63, 3.8) is 0 Å². The van der Waals surface area contributed by atoms with E-state index in [0.717, 1.165) is 4.68 Å². The molecule has 2 unspecified atom stereocenters. The Morgan fingerprint density at radius 2 is 2.20 bits per heavy atom. The highest BCUT2D eigenvalue weighted by molar-refractivity contribution is 6.35. The molecule has 1 heterocycles. The summed E-state index contributed by atoms with van der Waals surface area (Å²) in [5, 5.41) is 14.9. The van der Waals surface area contributed by atoms with E-state index in [1.165, 1.54) is 24.8 Å². The summed E-state index contributed by atoms with van der Waals surface area (Å²) in [6.45, 7) is 1.82. The number of aromatic nitrogens is 3. The van der Waals surface area contributed by atoms with Gasteiger partial charge in [-0.1, -0.05) is 42.6 Å². The Bertz CT molecular complexity index is 579. The van der Waals surface area contributed by atoms with Gasteiger partial charge >= 0.3 is 0 Å². The molecule has 2 atom stereocenters. The second-order valence-electron chi connectivity index (χ2n) is 4.48. The molecule has 0 aliphatic heterocycles. The first-order valence-electron chi connectivity index (χ1n) is 6.16. The Labute approximate surface area is 126 Å². The zero-order valence-electron chi connectivity index (χ0n) is 10.8. The number of aliphatic hydroxyl groups is 1. The number of hydrogen-bond donors (Lipinski definition) is 1. The van der Waals surface area contributed by atoms with E-state index >= 15 is 4.39 Å². The fraction of sp³-hybridized carbons (Fsp3) is 0.385. The predicted octanol–water partition coefficient (Wildman–Crippen LogP) is 3.74. The molecule has 0 bridgehead atoms. The fourth-order valence-electron chi connectivity index (χ4n) is 2.09. The van der Waals surface area contributed by atoms with E-state index < -0.39 is 11.9 Å². The topological polar surface area (TPSA) is 50.9 Å². The largest absolute Gasteiger partial charge is 0.383 e. The van der Waals surface area contributed by atoms with Gasteiger partial charge in [-0.3, -0.25) is 0 Å². The van der Waals surface area contributed by atoms with Crippen LogP contribution in [0, 0.1) is 0 Å². The van der Waals surface area contributed by atoms with Crippen LogP contribution in [0.15, 0.2) is 30.9 Å². The molecule has 0 saturated heterocycles. The lowest BCUT2D eigenvalue weighted by atomic mass is 9.96. The molecule has 2 aromatic rings. The first-order chi connectivity index (χ1) is 9.49. The minimum Gasteiger partial charge on any atom is -0.383 e. The number of hydrogen-bond acceptors (Lipinski definition) is 3. The molecule has 4 nitrogen and oxygen atoms in total. The number of rotatable bonds is 5. The van der Waals surface area contributed by atoms with Crippen LogP contribution in [0.3, 0.4) is 0 Å². The highest BCUT2D eigenvalue weighted by Crippen LogP contribution is 2.40. The van der Waals surface area contributed by atoms with Crippen molar-refractivity contribution in [1.29, 1.82) is 0 Å². The van der Waals surface area contributed by atoms with E-state index in [1.807, 2.05) is 6.92 Å². The molecule has 0 spiro atoms. The van der Waals surface area contributed by atoms with Gasteiger partial charge in [0.25, 0.3) is 0 Å². The molecular formula is C13H14Cl2FN3O. The molecule has 7 heteroatoms. The molecule has 1 aromatic carbocycles. The Balaban J connectivity index is 2.43. The van der Waals surface area contributed by atoms with Crippen molar-refractivity contribution >= 4 is 23.2 Å². The van der Waals surface area contributed by atoms with E-state index in [4.69, 9.17) is 23.2 Å². The Kier molecular flexibility index (Phi) is 4.62. The van der Waals surface area contributed by atoms with Gasteiger partial charge in [0.15, 0.2) is 0 Å². The van der Waals surface area contributed by atoms with Gasteiger partial charge < -0.3 is 5.11 Å². The molecule has 0 aliphatic rings. The predicted molar refractivity (Wildman–Crippen MR) is 75.4 cm³/mol. The Hall–Kier alpha value is -1.17. The third-order valence-corrected chi connectivity index (χ3v) is 3.64.